The van der Waals surface area contributed by atoms with Crippen LogP contribution in [0.2, 0.25) is 0 Å². The van der Waals surface area contributed by atoms with Gasteiger partial charge in [-0.05, 0) is 44.2 Å². The molecule has 0 atom stereocenters. The van der Waals surface area contributed by atoms with Crippen molar-refractivity contribution in [3.63, 3.8) is 0 Å². The summed E-state index contributed by atoms with van der Waals surface area (Å²) in [6.45, 7) is 7.99. The fraction of sp³-hybridized carbons (Fsp3) is 0.588. The van der Waals surface area contributed by atoms with Gasteiger partial charge in [-0.15, -0.1) is 12.4 Å². The third-order valence-electron chi connectivity index (χ3n) is 4.57. The highest BCUT2D eigenvalue weighted by Crippen LogP contribution is 2.15. The minimum Gasteiger partial charge on any atom is -0.354 e. The average molecular weight is 355 g/mol. The number of carbonyl (C=O) groups is 1. The number of halogens is 1. The number of amides is 1. The summed E-state index contributed by atoms with van der Waals surface area (Å²) in [6, 6.07) is 1.92. The van der Waals surface area contributed by atoms with Gasteiger partial charge in [-0.25, -0.2) is 0 Å². The van der Waals surface area contributed by atoms with Gasteiger partial charge in [-0.3, -0.25) is 9.59 Å². The van der Waals surface area contributed by atoms with Crippen molar-refractivity contribution in [1.29, 1.82) is 5.26 Å². The number of carbonyl (C=O) groups excluding carboxylic acids is 1. The van der Waals surface area contributed by atoms with E-state index in [1.807, 2.05) is 19.9 Å². The van der Waals surface area contributed by atoms with Crippen LogP contribution >= 0.6 is 12.4 Å². The molecule has 0 fully saturated rings. The second-order valence-electron chi connectivity index (χ2n) is 6.02. The molecule has 24 heavy (non-hydrogen) atoms. The van der Waals surface area contributed by atoms with Crippen LogP contribution in [-0.4, -0.2) is 23.0 Å². The van der Waals surface area contributed by atoms with Gasteiger partial charge < -0.3 is 16.0 Å². The molecule has 1 amide bonds. The van der Waals surface area contributed by atoms with Crippen molar-refractivity contribution in [2.45, 2.75) is 58.9 Å². The summed E-state index contributed by atoms with van der Waals surface area (Å²) in [5, 5.41) is 11.9. The van der Waals surface area contributed by atoms with Gasteiger partial charge in [0.2, 0.25) is 5.91 Å². The summed E-state index contributed by atoms with van der Waals surface area (Å²) in [7, 11) is 0. The van der Waals surface area contributed by atoms with E-state index < -0.39 is 0 Å². The van der Waals surface area contributed by atoms with Crippen molar-refractivity contribution in [3.05, 3.63) is 32.7 Å². The fourth-order valence-corrected chi connectivity index (χ4v) is 2.52. The third kappa shape index (κ3) is 5.36. The van der Waals surface area contributed by atoms with Crippen LogP contribution in [0.25, 0.3) is 0 Å². The Bertz CT molecular complexity index is 672. The van der Waals surface area contributed by atoms with E-state index in [0.29, 0.717) is 30.6 Å². The largest absolute Gasteiger partial charge is 0.354 e. The molecule has 0 aliphatic carbocycles. The number of H-pyrrole nitrogens is 1. The summed E-state index contributed by atoms with van der Waals surface area (Å²) in [5.74, 6) is -0.0785. The normalized spacial score (nSPS) is 10.7. The van der Waals surface area contributed by atoms with E-state index in [0.717, 1.165) is 18.4 Å². The van der Waals surface area contributed by atoms with E-state index in [-0.39, 0.29) is 35.0 Å². The standard InChI is InChI=1S/C17H26N4O2.ClH/c1-5-17(19,6-2)10-20-15(22)8-7-13-11(3)14(9-18)16(23)21-12(13)4;/h5-8,10,19H2,1-4H3,(H,20,22)(H,21,23);1H. The SMILES string of the molecule is CCC(N)(CC)CNC(=O)CCc1c(C)[nH]c(=O)c(C#N)c1C.Cl. The number of aryl methyl sites for hydroxylation is 1. The minimum atomic E-state index is -0.380. The predicted molar refractivity (Wildman–Crippen MR) is 97.3 cm³/mol. The van der Waals surface area contributed by atoms with Crippen LogP contribution in [0, 0.1) is 25.2 Å². The highest BCUT2D eigenvalue weighted by atomic mass is 35.5. The number of aromatic amines is 1. The van der Waals surface area contributed by atoms with Gasteiger partial charge in [-0.1, -0.05) is 13.8 Å². The molecule has 0 radical (unpaired) electrons. The first-order valence-electron chi connectivity index (χ1n) is 7.96. The van der Waals surface area contributed by atoms with Crippen LogP contribution in [-0.2, 0) is 11.2 Å². The maximum Gasteiger partial charge on any atom is 0.266 e. The van der Waals surface area contributed by atoms with Gasteiger partial charge in [0, 0.05) is 24.2 Å². The van der Waals surface area contributed by atoms with Crippen LogP contribution < -0.4 is 16.6 Å². The predicted octanol–water partition coefficient (Wildman–Crippen LogP) is 1.85. The Kier molecular flexibility index (Phi) is 8.73. The number of hydrogen-bond donors (Lipinski definition) is 3. The number of aromatic nitrogens is 1. The highest BCUT2D eigenvalue weighted by molar-refractivity contribution is 5.85. The molecule has 1 aromatic rings. The first-order chi connectivity index (χ1) is 10.8. The van der Waals surface area contributed by atoms with Crippen molar-refractivity contribution < 1.29 is 4.79 Å². The number of hydrogen-bond acceptors (Lipinski definition) is 4. The molecule has 0 saturated heterocycles. The summed E-state index contributed by atoms with van der Waals surface area (Å²) in [4.78, 5) is 26.4. The molecule has 0 saturated carbocycles. The molecule has 134 valence electrons. The van der Waals surface area contributed by atoms with E-state index in [9.17, 15) is 9.59 Å². The summed E-state index contributed by atoms with van der Waals surface area (Å²) >= 11 is 0. The van der Waals surface area contributed by atoms with Gasteiger partial charge in [0.1, 0.15) is 11.6 Å². The monoisotopic (exact) mass is 354 g/mol. The van der Waals surface area contributed by atoms with Gasteiger partial charge >= 0.3 is 0 Å². The molecule has 0 spiro atoms. The van der Waals surface area contributed by atoms with Gasteiger partial charge in [0.25, 0.3) is 5.56 Å². The topological polar surface area (TPSA) is 112 Å². The number of pyridine rings is 1. The summed E-state index contributed by atoms with van der Waals surface area (Å²) in [5.41, 5.74) is 7.73. The Balaban J connectivity index is 0.00000529. The first kappa shape index (κ1) is 22.2. The van der Waals surface area contributed by atoms with Crippen molar-refractivity contribution >= 4 is 18.3 Å². The zero-order chi connectivity index (χ0) is 17.6. The van der Waals surface area contributed by atoms with E-state index in [4.69, 9.17) is 11.0 Å². The first-order valence-corrected chi connectivity index (χ1v) is 7.96. The fourth-order valence-electron chi connectivity index (χ4n) is 2.52. The molecule has 0 bridgehead atoms. The number of nitrogens with one attached hydrogen (secondary N) is 2. The Morgan fingerprint density at radius 1 is 1.33 bits per heavy atom. The Morgan fingerprint density at radius 2 is 1.92 bits per heavy atom. The van der Waals surface area contributed by atoms with Gasteiger partial charge in [0.15, 0.2) is 0 Å². The van der Waals surface area contributed by atoms with Crippen LogP contribution in [0.15, 0.2) is 4.79 Å². The molecule has 1 rings (SSSR count). The van der Waals surface area contributed by atoms with E-state index in [2.05, 4.69) is 10.3 Å². The Morgan fingerprint density at radius 3 is 2.42 bits per heavy atom. The zero-order valence-electron chi connectivity index (χ0n) is 14.8. The van der Waals surface area contributed by atoms with E-state index >= 15 is 0 Å². The van der Waals surface area contributed by atoms with Crippen LogP contribution in [0.5, 0.6) is 0 Å². The molecule has 0 unspecified atom stereocenters. The Labute approximate surface area is 149 Å². The van der Waals surface area contributed by atoms with Gasteiger partial charge in [0.05, 0.1) is 0 Å². The van der Waals surface area contributed by atoms with Crippen LogP contribution in [0.4, 0.5) is 0 Å². The van der Waals surface area contributed by atoms with Gasteiger partial charge in [-0.2, -0.15) is 5.26 Å². The minimum absolute atomic E-state index is 0. The highest BCUT2D eigenvalue weighted by Gasteiger charge is 2.21. The molecule has 0 aliphatic heterocycles. The Hall–Kier alpha value is -1.84. The smallest absolute Gasteiger partial charge is 0.266 e. The maximum absolute atomic E-state index is 12.0. The molecular formula is C17H27ClN4O2. The zero-order valence-corrected chi connectivity index (χ0v) is 15.6. The third-order valence-corrected chi connectivity index (χ3v) is 4.57. The number of nitrogens with two attached hydrogens (primary N) is 1. The molecule has 7 heteroatoms. The van der Waals surface area contributed by atoms with Crippen molar-refractivity contribution in [2.24, 2.45) is 5.73 Å². The summed E-state index contributed by atoms with van der Waals surface area (Å²) in [6.07, 6.45) is 2.37. The molecular weight excluding hydrogens is 328 g/mol. The second-order valence-corrected chi connectivity index (χ2v) is 6.02. The van der Waals surface area contributed by atoms with Crippen LogP contribution in [0.1, 0.15) is 55.5 Å². The number of rotatable bonds is 7. The van der Waals surface area contributed by atoms with E-state index in [1.54, 1.807) is 13.8 Å². The maximum atomic E-state index is 12.0. The molecule has 0 aliphatic rings. The molecule has 1 heterocycles. The molecule has 0 aromatic carbocycles. The van der Waals surface area contributed by atoms with E-state index in [1.165, 1.54) is 0 Å². The number of nitrogens with zero attached hydrogens (tertiary/aromatic N) is 1. The van der Waals surface area contributed by atoms with Crippen LogP contribution in [0.3, 0.4) is 0 Å². The quantitative estimate of drug-likeness (QED) is 0.693. The second kappa shape index (κ2) is 9.45. The lowest BCUT2D eigenvalue weighted by Gasteiger charge is -2.26. The molecule has 6 nitrogen and oxygen atoms in total. The molecule has 1 aromatic heterocycles. The lowest BCUT2D eigenvalue weighted by Crippen LogP contribution is -2.49. The lowest BCUT2D eigenvalue weighted by atomic mass is 9.94. The number of nitriles is 1. The van der Waals surface area contributed by atoms with Crippen molar-refractivity contribution in [1.82, 2.24) is 10.3 Å². The van der Waals surface area contributed by atoms with Crippen molar-refractivity contribution in [2.75, 3.05) is 6.54 Å². The lowest BCUT2D eigenvalue weighted by molar-refractivity contribution is -0.121. The molecule has 4 N–H and O–H groups in total. The summed E-state index contributed by atoms with van der Waals surface area (Å²) < 4.78 is 0. The average Bonchev–Trinajstić information content (AvgIpc) is 2.52. The van der Waals surface area contributed by atoms with Crippen molar-refractivity contribution in [3.8, 4) is 6.07 Å².